The molecule has 1 aromatic carbocycles. The Balaban J connectivity index is 1.97. The van der Waals surface area contributed by atoms with Gasteiger partial charge in [-0.2, -0.15) is 0 Å². The average molecular weight is 244 g/mol. The van der Waals surface area contributed by atoms with E-state index in [-0.39, 0.29) is 0 Å². The van der Waals surface area contributed by atoms with Crippen LogP contribution in [-0.2, 0) is 6.61 Å². The molecule has 0 aliphatic heterocycles. The third-order valence-electron chi connectivity index (χ3n) is 2.55. The Hall–Kier alpha value is -2.23. The zero-order valence-corrected chi connectivity index (χ0v) is 10.5. The lowest BCUT2D eigenvalue weighted by molar-refractivity contribution is 0.300. The van der Waals surface area contributed by atoms with E-state index in [0.717, 1.165) is 22.9 Å². The summed E-state index contributed by atoms with van der Waals surface area (Å²) in [6, 6.07) is 11.5. The first-order valence-corrected chi connectivity index (χ1v) is 5.71. The van der Waals surface area contributed by atoms with Crippen molar-refractivity contribution < 1.29 is 9.47 Å². The predicted octanol–water partition coefficient (Wildman–Crippen LogP) is 2.71. The Morgan fingerprint density at radius 3 is 2.56 bits per heavy atom. The monoisotopic (exact) mass is 244 g/mol. The molecular formula is C14H16N2O2. The fourth-order valence-electron chi connectivity index (χ4n) is 1.54. The van der Waals surface area contributed by atoms with Gasteiger partial charge in [0.25, 0.3) is 0 Å². The first-order valence-electron chi connectivity index (χ1n) is 5.71. The van der Waals surface area contributed by atoms with Gasteiger partial charge in [0, 0.05) is 25.0 Å². The highest BCUT2D eigenvalue weighted by Gasteiger charge is 1.99. The summed E-state index contributed by atoms with van der Waals surface area (Å²) in [4.78, 5) is 4.22. The van der Waals surface area contributed by atoms with E-state index in [1.807, 2.05) is 43.4 Å². The second kappa shape index (κ2) is 5.91. The Labute approximate surface area is 107 Å². The molecule has 2 rings (SSSR count). The van der Waals surface area contributed by atoms with Crippen molar-refractivity contribution in [2.75, 3.05) is 19.5 Å². The topological polar surface area (TPSA) is 43.4 Å². The molecule has 94 valence electrons. The first kappa shape index (κ1) is 12.2. The fraction of sp³-hybridized carbons (Fsp3) is 0.214. The van der Waals surface area contributed by atoms with Crippen LogP contribution in [0.4, 0.5) is 5.69 Å². The van der Waals surface area contributed by atoms with Crippen LogP contribution in [0.15, 0.2) is 42.6 Å². The lowest BCUT2D eigenvalue weighted by Gasteiger charge is -2.07. The smallest absolute Gasteiger partial charge is 0.130 e. The minimum atomic E-state index is 0.427. The predicted molar refractivity (Wildman–Crippen MR) is 71.1 cm³/mol. The quantitative estimate of drug-likeness (QED) is 0.878. The maximum atomic E-state index is 5.65. The van der Waals surface area contributed by atoms with E-state index in [0.29, 0.717) is 6.61 Å². The van der Waals surface area contributed by atoms with Crippen LogP contribution in [0.3, 0.4) is 0 Å². The minimum absolute atomic E-state index is 0.427. The SMILES string of the molecule is CNc1ccc(OCc2cc(OC)ccn2)cc1. The van der Waals surface area contributed by atoms with Gasteiger partial charge in [-0.1, -0.05) is 0 Å². The van der Waals surface area contributed by atoms with Crippen LogP contribution in [-0.4, -0.2) is 19.1 Å². The molecule has 0 radical (unpaired) electrons. The van der Waals surface area contributed by atoms with Crippen molar-refractivity contribution in [3.05, 3.63) is 48.3 Å². The Morgan fingerprint density at radius 2 is 1.89 bits per heavy atom. The van der Waals surface area contributed by atoms with Crippen molar-refractivity contribution in [3.8, 4) is 11.5 Å². The van der Waals surface area contributed by atoms with Gasteiger partial charge in [-0.3, -0.25) is 4.98 Å². The summed E-state index contributed by atoms with van der Waals surface area (Å²) >= 11 is 0. The summed E-state index contributed by atoms with van der Waals surface area (Å²) in [5.74, 6) is 1.60. The average Bonchev–Trinajstić information content (AvgIpc) is 2.46. The number of benzene rings is 1. The number of nitrogens with zero attached hydrogens (tertiary/aromatic N) is 1. The number of aromatic nitrogens is 1. The molecule has 4 nitrogen and oxygen atoms in total. The van der Waals surface area contributed by atoms with Crippen LogP contribution in [0.25, 0.3) is 0 Å². The van der Waals surface area contributed by atoms with Crippen molar-refractivity contribution in [2.24, 2.45) is 0 Å². The zero-order chi connectivity index (χ0) is 12.8. The van der Waals surface area contributed by atoms with Crippen LogP contribution in [0.2, 0.25) is 0 Å². The number of methoxy groups -OCH3 is 1. The van der Waals surface area contributed by atoms with Crippen molar-refractivity contribution in [1.29, 1.82) is 0 Å². The van der Waals surface area contributed by atoms with Gasteiger partial charge in [-0.15, -0.1) is 0 Å². The highest BCUT2D eigenvalue weighted by atomic mass is 16.5. The molecule has 0 saturated carbocycles. The molecule has 0 unspecified atom stereocenters. The Kier molecular flexibility index (Phi) is 4.02. The number of anilines is 1. The molecule has 0 fully saturated rings. The molecule has 18 heavy (non-hydrogen) atoms. The lowest BCUT2D eigenvalue weighted by Crippen LogP contribution is -1.98. The molecular weight excluding hydrogens is 228 g/mol. The summed E-state index contributed by atoms with van der Waals surface area (Å²) in [5, 5.41) is 3.06. The first-order chi connectivity index (χ1) is 8.81. The molecule has 0 spiro atoms. The largest absolute Gasteiger partial charge is 0.497 e. The van der Waals surface area contributed by atoms with E-state index in [2.05, 4.69) is 10.3 Å². The van der Waals surface area contributed by atoms with E-state index >= 15 is 0 Å². The van der Waals surface area contributed by atoms with Crippen LogP contribution >= 0.6 is 0 Å². The number of ether oxygens (including phenoxy) is 2. The molecule has 4 heteroatoms. The van der Waals surface area contributed by atoms with Crippen molar-refractivity contribution in [1.82, 2.24) is 4.98 Å². The van der Waals surface area contributed by atoms with Crippen molar-refractivity contribution >= 4 is 5.69 Å². The molecule has 0 bridgehead atoms. The second-order valence-corrected chi connectivity index (χ2v) is 3.75. The van der Waals surface area contributed by atoms with Gasteiger partial charge in [0.15, 0.2) is 0 Å². The maximum absolute atomic E-state index is 5.65. The van der Waals surface area contributed by atoms with Crippen LogP contribution in [0.1, 0.15) is 5.69 Å². The number of nitrogens with one attached hydrogen (secondary N) is 1. The van der Waals surface area contributed by atoms with E-state index in [1.54, 1.807) is 13.3 Å². The minimum Gasteiger partial charge on any atom is -0.497 e. The summed E-state index contributed by atoms with van der Waals surface area (Å²) in [6.45, 7) is 0.427. The summed E-state index contributed by atoms with van der Waals surface area (Å²) in [5.41, 5.74) is 1.90. The highest BCUT2D eigenvalue weighted by Crippen LogP contribution is 2.17. The van der Waals surface area contributed by atoms with E-state index in [9.17, 15) is 0 Å². The van der Waals surface area contributed by atoms with Gasteiger partial charge in [0.1, 0.15) is 18.1 Å². The molecule has 0 amide bonds. The van der Waals surface area contributed by atoms with Gasteiger partial charge in [-0.05, 0) is 30.3 Å². The van der Waals surface area contributed by atoms with Gasteiger partial charge in [0.05, 0.1) is 12.8 Å². The summed E-state index contributed by atoms with van der Waals surface area (Å²) < 4.78 is 10.8. The Morgan fingerprint density at radius 1 is 1.11 bits per heavy atom. The second-order valence-electron chi connectivity index (χ2n) is 3.75. The normalized spacial score (nSPS) is 9.89. The zero-order valence-electron chi connectivity index (χ0n) is 10.5. The van der Waals surface area contributed by atoms with E-state index in [4.69, 9.17) is 9.47 Å². The number of hydrogen-bond acceptors (Lipinski definition) is 4. The Bertz CT molecular complexity index is 497. The van der Waals surface area contributed by atoms with Crippen molar-refractivity contribution in [2.45, 2.75) is 6.61 Å². The highest BCUT2D eigenvalue weighted by molar-refractivity contribution is 5.45. The molecule has 0 aliphatic carbocycles. The van der Waals surface area contributed by atoms with E-state index < -0.39 is 0 Å². The third kappa shape index (κ3) is 3.13. The molecule has 1 aromatic heterocycles. The fourth-order valence-corrected chi connectivity index (χ4v) is 1.54. The molecule has 2 aromatic rings. The molecule has 0 aliphatic rings. The standard InChI is InChI=1S/C14H16N2O2/c1-15-11-3-5-13(6-4-11)18-10-12-9-14(17-2)7-8-16-12/h3-9,15H,10H2,1-2H3. The summed E-state index contributed by atoms with van der Waals surface area (Å²) in [7, 11) is 3.52. The summed E-state index contributed by atoms with van der Waals surface area (Å²) in [6.07, 6.45) is 1.71. The molecule has 0 atom stereocenters. The van der Waals surface area contributed by atoms with E-state index in [1.165, 1.54) is 0 Å². The van der Waals surface area contributed by atoms with Gasteiger partial charge in [-0.25, -0.2) is 0 Å². The molecule has 0 saturated heterocycles. The number of rotatable bonds is 5. The van der Waals surface area contributed by atoms with Crippen LogP contribution < -0.4 is 14.8 Å². The van der Waals surface area contributed by atoms with Crippen LogP contribution in [0.5, 0.6) is 11.5 Å². The van der Waals surface area contributed by atoms with Crippen LogP contribution in [0, 0.1) is 0 Å². The van der Waals surface area contributed by atoms with Gasteiger partial charge >= 0.3 is 0 Å². The lowest BCUT2D eigenvalue weighted by atomic mass is 10.3. The van der Waals surface area contributed by atoms with Gasteiger partial charge < -0.3 is 14.8 Å². The number of pyridine rings is 1. The molecule has 1 heterocycles. The number of hydrogen-bond donors (Lipinski definition) is 1. The third-order valence-corrected chi connectivity index (χ3v) is 2.55. The molecule has 1 N–H and O–H groups in total. The van der Waals surface area contributed by atoms with Crippen molar-refractivity contribution in [3.63, 3.8) is 0 Å². The van der Waals surface area contributed by atoms with Gasteiger partial charge in [0.2, 0.25) is 0 Å². The maximum Gasteiger partial charge on any atom is 0.130 e.